The first-order chi connectivity index (χ1) is 17.0. The van der Waals surface area contributed by atoms with E-state index in [1.54, 1.807) is 24.3 Å². The minimum atomic E-state index is -3.86. The Morgan fingerprint density at radius 2 is 1.67 bits per heavy atom. The van der Waals surface area contributed by atoms with Crippen molar-refractivity contribution in [3.63, 3.8) is 0 Å². The number of nitrogens with zero attached hydrogens (tertiary/aromatic N) is 2. The Hall–Kier alpha value is -2.00. The van der Waals surface area contributed by atoms with E-state index >= 15 is 0 Å². The van der Waals surface area contributed by atoms with E-state index in [1.807, 2.05) is 6.92 Å². The smallest absolute Gasteiger partial charge is 0.244 e. The highest BCUT2D eigenvalue weighted by Crippen LogP contribution is 2.29. The molecule has 1 aliphatic carbocycles. The minimum absolute atomic E-state index is 0.0859. The van der Waals surface area contributed by atoms with Crippen LogP contribution in [0.25, 0.3) is 0 Å². The van der Waals surface area contributed by atoms with E-state index in [9.17, 15) is 18.0 Å². The van der Waals surface area contributed by atoms with Gasteiger partial charge in [0, 0.05) is 17.6 Å². The average Bonchev–Trinajstić information content (AvgIpc) is 3.32. The first kappa shape index (κ1) is 28.6. The van der Waals surface area contributed by atoms with Gasteiger partial charge in [-0.15, -0.1) is 0 Å². The maximum Gasteiger partial charge on any atom is 0.244 e. The number of rotatable bonds is 10. The Morgan fingerprint density at radius 3 is 2.22 bits per heavy atom. The fraction of sp³-hybridized carbons (Fsp3) is 0.440. The zero-order valence-corrected chi connectivity index (χ0v) is 23.3. The molecule has 0 spiro atoms. The Labute approximate surface area is 227 Å². The molecule has 0 bridgehead atoms. The summed E-state index contributed by atoms with van der Waals surface area (Å²) in [6.07, 6.45) is 5.31. The normalized spacial score (nSPS) is 14.9. The summed E-state index contributed by atoms with van der Waals surface area (Å²) in [7, 11) is -3.86. The molecule has 0 aliphatic heterocycles. The summed E-state index contributed by atoms with van der Waals surface area (Å²) in [5.41, 5.74) is 0.968. The Morgan fingerprint density at radius 1 is 1.03 bits per heavy atom. The Kier molecular flexibility index (Phi) is 9.92. The van der Waals surface area contributed by atoms with Crippen LogP contribution in [0.2, 0.25) is 15.1 Å². The van der Waals surface area contributed by atoms with Crippen molar-refractivity contribution in [1.82, 2.24) is 10.2 Å². The number of hydrogen-bond acceptors (Lipinski definition) is 4. The molecular weight excluding hydrogens is 545 g/mol. The van der Waals surface area contributed by atoms with Gasteiger partial charge in [0.05, 0.1) is 22.0 Å². The zero-order chi connectivity index (χ0) is 26.5. The number of amides is 2. The van der Waals surface area contributed by atoms with Crippen molar-refractivity contribution < 1.29 is 18.0 Å². The largest absolute Gasteiger partial charge is 0.352 e. The van der Waals surface area contributed by atoms with E-state index in [0.717, 1.165) is 41.8 Å². The molecule has 11 heteroatoms. The van der Waals surface area contributed by atoms with Gasteiger partial charge >= 0.3 is 0 Å². The van der Waals surface area contributed by atoms with E-state index < -0.39 is 28.5 Å². The van der Waals surface area contributed by atoms with E-state index in [2.05, 4.69) is 5.32 Å². The third-order valence-electron chi connectivity index (χ3n) is 6.22. The van der Waals surface area contributed by atoms with Crippen LogP contribution in [0.15, 0.2) is 42.5 Å². The van der Waals surface area contributed by atoms with Crippen LogP contribution < -0.4 is 9.62 Å². The topological polar surface area (TPSA) is 86.8 Å². The number of hydrogen-bond donors (Lipinski definition) is 1. The molecule has 3 rings (SSSR count). The third-order valence-corrected chi connectivity index (χ3v) is 8.36. The second-order valence-electron chi connectivity index (χ2n) is 8.93. The van der Waals surface area contributed by atoms with Crippen molar-refractivity contribution in [1.29, 1.82) is 0 Å². The van der Waals surface area contributed by atoms with Gasteiger partial charge in [0.2, 0.25) is 21.8 Å². The van der Waals surface area contributed by atoms with E-state index in [0.29, 0.717) is 11.4 Å². The molecule has 1 saturated carbocycles. The summed E-state index contributed by atoms with van der Waals surface area (Å²) in [4.78, 5) is 28.4. The van der Waals surface area contributed by atoms with Gasteiger partial charge in [-0.1, -0.05) is 66.7 Å². The SMILES string of the molecule is CC[C@H](C(=O)NC1CCCC1)N(Cc1ccc(Cl)cc1)C(=O)CN(c1ccc(Cl)c(Cl)c1)S(C)(=O)=O. The van der Waals surface area contributed by atoms with Crippen LogP contribution in [0, 0.1) is 0 Å². The standard InChI is InChI=1S/C25H30Cl3N3O4S/c1-3-23(25(33)29-19-6-4-5-7-19)30(15-17-8-10-18(26)11-9-17)24(32)16-31(36(2,34)35)20-12-13-21(27)22(28)14-20/h8-14,19,23H,3-7,15-16H2,1-2H3,(H,29,33)/t23-/m1/s1. The molecule has 196 valence electrons. The fourth-order valence-corrected chi connectivity index (χ4v) is 5.59. The van der Waals surface area contributed by atoms with Gasteiger partial charge in [-0.3, -0.25) is 13.9 Å². The highest BCUT2D eigenvalue weighted by atomic mass is 35.5. The van der Waals surface area contributed by atoms with Crippen molar-refractivity contribution in [2.75, 3.05) is 17.1 Å². The Balaban J connectivity index is 1.92. The molecule has 2 aromatic rings. The van der Waals surface area contributed by atoms with Crippen LogP contribution in [-0.4, -0.2) is 50.0 Å². The molecule has 1 N–H and O–H groups in total. The molecule has 36 heavy (non-hydrogen) atoms. The summed E-state index contributed by atoms with van der Waals surface area (Å²) in [5.74, 6) is -0.762. The third kappa shape index (κ3) is 7.51. The molecule has 1 atom stereocenters. The summed E-state index contributed by atoms with van der Waals surface area (Å²) >= 11 is 18.1. The number of anilines is 1. The Bertz CT molecular complexity index is 1190. The summed E-state index contributed by atoms with van der Waals surface area (Å²) in [6.45, 7) is 1.44. The molecule has 0 saturated heterocycles. The van der Waals surface area contributed by atoms with Gasteiger partial charge in [-0.25, -0.2) is 8.42 Å². The maximum absolute atomic E-state index is 13.7. The van der Waals surface area contributed by atoms with Crippen LogP contribution in [0.1, 0.15) is 44.6 Å². The lowest BCUT2D eigenvalue weighted by molar-refractivity contribution is -0.140. The first-order valence-electron chi connectivity index (χ1n) is 11.8. The molecule has 0 unspecified atom stereocenters. The van der Waals surface area contributed by atoms with E-state index in [1.165, 1.54) is 23.1 Å². The van der Waals surface area contributed by atoms with Gasteiger partial charge in [0.1, 0.15) is 12.6 Å². The van der Waals surface area contributed by atoms with Gasteiger partial charge < -0.3 is 10.2 Å². The molecule has 1 fully saturated rings. The quantitative estimate of drug-likeness (QED) is 0.418. The van der Waals surface area contributed by atoms with E-state index in [4.69, 9.17) is 34.8 Å². The summed E-state index contributed by atoms with van der Waals surface area (Å²) < 4.78 is 26.3. The van der Waals surface area contributed by atoms with Crippen LogP contribution in [-0.2, 0) is 26.2 Å². The molecule has 2 amide bonds. The predicted octanol–water partition coefficient (Wildman–Crippen LogP) is 5.28. The predicted molar refractivity (Wildman–Crippen MR) is 145 cm³/mol. The fourth-order valence-electron chi connectivity index (χ4n) is 4.33. The molecule has 0 radical (unpaired) electrons. The minimum Gasteiger partial charge on any atom is -0.352 e. The second kappa shape index (κ2) is 12.5. The first-order valence-corrected chi connectivity index (χ1v) is 14.7. The van der Waals surface area contributed by atoms with Crippen LogP contribution in [0.3, 0.4) is 0 Å². The van der Waals surface area contributed by atoms with Crippen molar-refractivity contribution >= 4 is 62.3 Å². The second-order valence-corrected chi connectivity index (χ2v) is 12.1. The molecule has 7 nitrogen and oxygen atoms in total. The van der Waals surface area contributed by atoms with Crippen molar-refractivity contribution in [2.45, 2.75) is 57.7 Å². The molecule has 0 heterocycles. The number of benzene rings is 2. The lowest BCUT2D eigenvalue weighted by Gasteiger charge is -2.33. The lowest BCUT2D eigenvalue weighted by Crippen LogP contribution is -2.53. The highest BCUT2D eigenvalue weighted by molar-refractivity contribution is 7.92. The molecule has 2 aromatic carbocycles. The highest BCUT2D eigenvalue weighted by Gasteiger charge is 2.33. The van der Waals surface area contributed by atoms with Crippen LogP contribution in [0.4, 0.5) is 5.69 Å². The molecule has 1 aliphatic rings. The van der Waals surface area contributed by atoms with Gasteiger partial charge in [0.25, 0.3) is 0 Å². The maximum atomic E-state index is 13.7. The number of sulfonamides is 1. The van der Waals surface area contributed by atoms with Crippen LogP contribution >= 0.6 is 34.8 Å². The number of halogens is 3. The van der Waals surface area contributed by atoms with Crippen molar-refractivity contribution in [3.05, 3.63) is 63.1 Å². The van der Waals surface area contributed by atoms with Gasteiger partial charge in [0.15, 0.2) is 0 Å². The van der Waals surface area contributed by atoms with E-state index in [-0.39, 0.29) is 34.2 Å². The zero-order valence-electron chi connectivity index (χ0n) is 20.2. The van der Waals surface area contributed by atoms with Gasteiger partial charge in [-0.2, -0.15) is 0 Å². The average molecular weight is 575 g/mol. The van der Waals surface area contributed by atoms with Crippen molar-refractivity contribution in [2.24, 2.45) is 0 Å². The van der Waals surface area contributed by atoms with Crippen LogP contribution in [0.5, 0.6) is 0 Å². The monoisotopic (exact) mass is 573 g/mol. The number of carbonyl (C=O) groups excluding carboxylic acids is 2. The molecule has 0 aromatic heterocycles. The molecular formula is C25H30Cl3N3O4S. The summed E-state index contributed by atoms with van der Waals surface area (Å²) in [5, 5.41) is 4.04. The number of carbonyl (C=O) groups is 2. The van der Waals surface area contributed by atoms with Crippen molar-refractivity contribution in [3.8, 4) is 0 Å². The number of nitrogens with one attached hydrogen (secondary N) is 1. The lowest BCUT2D eigenvalue weighted by atomic mass is 10.1. The van der Waals surface area contributed by atoms with Gasteiger partial charge in [-0.05, 0) is 55.2 Å². The summed E-state index contributed by atoms with van der Waals surface area (Å²) in [6, 6.07) is 10.6.